The minimum absolute atomic E-state index is 0.0172. The number of hydrogen-bond donors (Lipinski definition) is 0. The van der Waals surface area contributed by atoms with Crippen molar-refractivity contribution in [3.63, 3.8) is 0 Å². The van der Waals surface area contributed by atoms with Crippen LogP contribution in [0.1, 0.15) is 60.8 Å². The number of rotatable bonds is 4. The van der Waals surface area contributed by atoms with Gasteiger partial charge in [0.2, 0.25) is 0 Å². The van der Waals surface area contributed by atoms with Gasteiger partial charge in [-0.15, -0.1) is 0 Å². The monoisotopic (exact) mass is 297 g/mol. The Balaban J connectivity index is 1.88. The summed E-state index contributed by atoms with van der Waals surface area (Å²) >= 11 is 0. The molecule has 0 saturated carbocycles. The van der Waals surface area contributed by atoms with Crippen LogP contribution in [0.25, 0.3) is 0 Å². The highest BCUT2D eigenvalue weighted by molar-refractivity contribution is 5.74. The van der Waals surface area contributed by atoms with Crippen molar-refractivity contribution in [3.8, 4) is 0 Å². The lowest BCUT2D eigenvalue weighted by Gasteiger charge is -2.27. The molecule has 0 aliphatic carbocycles. The van der Waals surface area contributed by atoms with Crippen LogP contribution in [0.3, 0.4) is 0 Å². The van der Waals surface area contributed by atoms with Crippen molar-refractivity contribution in [1.82, 2.24) is 4.90 Å². The number of hydrogen-bond acceptors (Lipinski definition) is 4. The summed E-state index contributed by atoms with van der Waals surface area (Å²) in [5, 5.41) is 0. The van der Waals surface area contributed by atoms with E-state index in [0.717, 1.165) is 26.0 Å². The van der Waals surface area contributed by atoms with Crippen LogP contribution < -0.4 is 0 Å². The van der Waals surface area contributed by atoms with E-state index in [4.69, 9.17) is 9.47 Å². The molecule has 0 N–H and O–H groups in total. The zero-order valence-electron chi connectivity index (χ0n) is 14.4. The van der Waals surface area contributed by atoms with E-state index in [1.807, 2.05) is 20.8 Å². The number of carbonyl (C=O) groups is 1. The summed E-state index contributed by atoms with van der Waals surface area (Å²) in [5.41, 5.74) is -0.484. The predicted octanol–water partition coefficient (Wildman–Crippen LogP) is 3.00. The van der Waals surface area contributed by atoms with Gasteiger partial charge in [-0.1, -0.05) is 0 Å². The molecule has 2 rings (SSSR count). The summed E-state index contributed by atoms with van der Waals surface area (Å²) in [5.74, 6) is 0.0362. The minimum atomic E-state index is -0.390. The topological polar surface area (TPSA) is 38.8 Å². The van der Waals surface area contributed by atoms with Crippen LogP contribution in [-0.2, 0) is 14.3 Å². The van der Waals surface area contributed by atoms with Crippen LogP contribution in [0.5, 0.6) is 0 Å². The molecule has 4 nitrogen and oxygen atoms in total. The molecule has 0 unspecified atom stereocenters. The maximum Gasteiger partial charge on any atom is 0.311 e. The van der Waals surface area contributed by atoms with Crippen molar-refractivity contribution < 1.29 is 14.3 Å². The van der Waals surface area contributed by atoms with Crippen LogP contribution in [0, 0.1) is 5.92 Å². The summed E-state index contributed by atoms with van der Waals surface area (Å²) in [4.78, 5) is 14.8. The van der Waals surface area contributed by atoms with E-state index >= 15 is 0 Å². The maximum atomic E-state index is 12.3. The van der Waals surface area contributed by atoms with E-state index in [9.17, 15) is 4.79 Å². The Morgan fingerprint density at radius 2 is 1.76 bits per heavy atom. The van der Waals surface area contributed by atoms with Crippen LogP contribution in [-0.4, -0.2) is 47.3 Å². The first kappa shape index (κ1) is 16.8. The third kappa shape index (κ3) is 4.43. The first-order valence-corrected chi connectivity index (χ1v) is 8.19. The van der Waals surface area contributed by atoms with E-state index in [1.54, 1.807) is 0 Å². The quantitative estimate of drug-likeness (QED) is 0.748. The fourth-order valence-corrected chi connectivity index (χ4v) is 3.54. The molecule has 0 aromatic carbocycles. The second kappa shape index (κ2) is 5.88. The van der Waals surface area contributed by atoms with Gasteiger partial charge in [0, 0.05) is 18.6 Å². The Morgan fingerprint density at radius 1 is 1.10 bits per heavy atom. The van der Waals surface area contributed by atoms with Crippen molar-refractivity contribution in [1.29, 1.82) is 0 Å². The smallest absolute Gasteiger partial charge is 0.311 e. The molecular formula is C17H31NO3. The average Bonchev–Trinajstić information content (AvgIpc) is 2.82. The van der Waals surface area contributed by atoms with Gasteiger partial charge in [0.05, 0.1) is 18.1 Å². The molecule has 21 heavy (non-hydrogen) atoms. The fraction of sp³-hybridized carbons (Fsp3) is 0.941. The number of esters is 1. The molecule has 2 aliphatic rings. The van der Waals surface area contributed by atoms with Crippen molar-refractivity contribution in [2.75, 3.05) is 13.2 Å². The average molecular weight is 297 g/mol. The highest BCUT2D eigenvalue weighted by Gasteiger charge is 2.49. The Kier molecular flexibility index (Phi) is 4.69. The summed E-state index contributed by atoms with van der Waals surface area (Å²) in [6.45, 7) is 13.7. The molecule has 3 atom stereocenters. The fourth-order valence-electron chi connectivity index (χ4n) is 3.54. The predicted molar refractivity (Wildman–Crippen MR) is 83.2 cm³/mol. The molecule has 2 saturated heterocycles. The van der Waals surface area contributed by atoms with Gasteiger partial charge in [-0.25, -0.2) is 0 Å². The highest BCUT2D eigenvalue weighted by Crippen LogP contribution is 2.42. The lowest BCUT2D eigenvalue weighted by Crippen LogP contribution is -2.38. The van der Waals surface area contributed by atoms with Gasteiger partial charge in [0.25, 0.3) is 0 Å². The van der Waals surface area contributed by atoms with Crippen molar-refractivity contribution in [2.45, 2.75) is 84.1 Å². The second-order valence-corrected chi connectivity index (χ2v) is 8.37. The summed E-state index contributed by atoms with van der Waals surface area (Å²) in [7, 11) is 0. The third-order valence-corrected chi connectivity index (χ3v) is 4.28. The van der Waals surface area contributed by atoms with Gasteiger partial charge >= 0.3 is 5.97 Å². The molecule has 0 amide bonds. The number of ether oxygens (including phenoxy) is 2. The zero-order chi connectivity index (χ0) is 15.8. The van der Waals surface area contributed by atoms with Gasteiger partial charge in [-0.2, -0.15) is 0 Å². The van der Waals surface area contributed by atoms with Crippen LogP contribution in [0.2, 0.25) is 0 Å². The third-order valence-electron chi connectivity index (χ3n) is 4.28. The van der Waals surface area contributed by atoms with Crippen molar-refractivity contribution >= 4 is 5.97 Å². The molecule has 2 fully saturated rings. The second-order valence-electron chi connectivity index (χ2n) is 8.37. The lowest BCUT2D eigenvalue weighted by molar-refractivity contribution is -0.161. The van der Waals surface area contributed by atoms with Gasteiger partial charge in [0.15, 0.2) is 0 Å². The Labute approximate surface area is 129 Å². The van der Waals surface area contributed by atoms with Crippen LogP contribution >= 0.6 is 0 Å². The van der Waals surface area contributed by atoms with Crippen molar-refractivity contribution in [2.24, 2.45) is 5.92 Å². The Hall–Kier alpha value is -0.610. The minimum Gasteiger partial charge on any atom is -0.460 e. The van der Waals surface area contributed by atoms with Gasteiger partial charge in [-0.05, 0) is 60.8 Å². The summed E-state index contributed by atoms with van der Waals surface area (Å²) < 4.78 is 11.4. The largest absolute Gasteiger partial charge is 0.460 e. The van der Waals surface area contributed by atoms with Gasteiger partial charge in [0.1, 0.15) is 5.60 Å². The first-order chi connectivity index (χ1) is 9.57. The van der Waals surface area contributed by atoms with Crippen molar-refractivity contribution in [3.05, 3.63) is 0 Å². The van der Waals surface area contributed by atoms with E-state index < -0.39 is 0 Å². The lowest BCUT2D eigenvalue weighted by atomic mass is 9.89. The SMILES string of the molecule is CC(C)(C)OCCN1[C@H]2CC[C@H]1[C@H](C(=O)OC(C)(C)C)C2. The molecule has 0 radical (unpaired) electrons. The van der Waals surface area contributed by atoms with Crippen LogP contribution in [0.4, 0.5) is 0 Å². The molecule has 2 bridgehead atoms. The molecule has 0 aromatic heterocycles. The highest BCUT2D eigenvalue weighted by atomic mass is 16.6. The molecule has 4 heteroatoms. The normalized spacial score (nSPS) is 29.9. The molecular weight excluding hydrogens is 266 g/mol. The zero-order valence-corrected chi connectivity index (χ0v) is 14.4. The standard InChI is InChI=1S/C17H31NO3/c1-16(2,3)20-10-9-18-12-7-8-14(18)13(11-12)15(19)21-17(4,5)6/h12-14H,7-11H2,1-6H3/t12-,13+,14-/m0/s1. The maximum absolute atomic E-state index is 12.3. The number of fused-ring (bicyclic) bond motifs is 2. The van der Waals surface area contributed by atoms with Crippen LogP contribution in [0.15, 0.2) is 0 Å². The van der Waals surface area contributed by atoms with E-state index in [0.29, 0.717) is 12.1 Å². The van der Waals surface area contributed by atoms with Gasteiger partial charge < -0.3 is 9.47 Å². The summed E-state index contributed by atoms with van der Waals surface area (Å²) in [6.07, 6.45) is 3.28. The Bertz CT molecular complexity index is 380. The first-order valence-electron chi connectivity index (χ1n) is 8.19. The molecule has 122 valence electrons. The van der Waals surface area contributed by atoms with Gasteiger partial charge in [-0.3, -0.25) is 9.69 Å². The number of nitrogens with zero attached hydrogens (tertiary/aromatic N) is 1. The number of carbonyl (C=O) groups excluding carboxylic acids is 1. The molecule has 0 aromatic rings. The van der Waals surface area contributed by atoms with E-state index in [-0.39, 0.29) is 23.1 Å². The van der Waals surface area contributed by atoms with E-state index in [2.05, 4.69) is 25.7 Å². The summed E-state index contributed by atoms with van der Waals surface area (Å²) in [6, 6.07) is 0.893. The molecule has 2 aliphatic heterocycles. The molecule has 0 spiro atoms. The Morgan fingerprint density at radius 3 is 2.33 bits per heavy atom. The van der Waals surface area contributed by atoms with E-state index in [1.165, 1.54) is 6.42 Å². The molecule has 2 heterocycles.